The predicted octanol–water partition coefficient (Wildman–Crippen LogP) is 3.88. The van der Waals surface area contributed by atoms with Crippen LogP contribution in [-0.4, -0.2) is 44.3 Å². The molecule has 9 heteroatoms. The van der Waals surface area contributed by atoms with Crippen molar-refractivity contribution < 1.29 is 22.4 Å². The van der Waals surface area contributed by atoms with Gasteiger partial charge in [-0.2, -0.15) is 0 Å². The fourth-order valence-electron chi connectivity index (χ4n) is 3.65. The van der Waals surface area contributed by atoms with Gasteiger partial charge in [0.1, 0.15) is 18.4 Å². The van der Waals surface area contributed by atoms with Crippen LogP contribution >= 0.6 is 0 Å². The first-order valence-electron chi connectivity index (χ1n) is 11.6. The van der Waals surface area contributed by atoms with E-state index in [1.54, 1.807) is 32.0 Å². The zero-order valence-electron chi connectivity index (χ0n) is 20.5. The van der Waals surface area contributed by atoms with E-state index in [0.717, 1.165) is 27.6 Å². The number of carbonyl (C=O) groups excluding carboxylic acids is 2. The Morgan fingerprint density at radius 1 is 0.944 bits per heavy atom. The summed E-state index contributed by atoms with van der Waals surface area (Å²) in [6, 6.07) is 19.3. The summed E-state index contributed by atoms with van der Waals surface area (Å²) < 4.78 is 41.7. The molecule has 3 aromatic rings. The number of hydrogen-bond donors (Lipinski definition) is 1. The lowest BCUT2D eigenvalue weighted by molar-refractivity contribution is -0.139. The van der Waals surface area contributed by atoms with E-state index in [2.05, 4.69) is 5.32 Å². The normalized spacial score (nSPS) is 12.0. The molecule has 1 atom stereocenters. The molecule has 1 unspecified atom stereocenters. The molecule has 0 radical (unpaired) electrons. The minimum Gasteiger partial charge on any atom is -0.355 e. The molecule has 0 aliphatic rings. The molecule has 0 saturated carbocycles. The molecule has 0 bridgehead atoms. The molecule has 36 heavy (non-hydrogen) atoms. The standard InChI is InChI=1S/C27H30FN3O4S/c1-4-29-27(33)21(3)30(18-22-12-10-20(2)11-13-22)26(32)19-31(24-16-14-23(28)15-17-24)36(34,35)25-8-6-5-7-9-25/h5-17,21H,4,18-19H2,1-3H3,(H,29,33). The molecule has 1 N–H and O–H groups in total. The van der Waals surface area contributed by atoms with Gasteiger partial charge in [-0.05, 0) is 62.7 Å². The molecule has 0 aliphatic carbocycles. The minimum absolute atomic E-state index is 0.0102. The predicted molar refractivity (Wildman–Crippen MR) is 137 cm³/mol. The second-order valence-corrected chi connectivity index (χ2v) is 10.2. The average molecular weight is 512 g/mol. The summed E-state index contributed by atoms with van der Waals surface area (Å²) in [6.45, 7) is 5.25. The van der Waals surface area contributed by atoms with Gasteiger partial charge < -0.3 is 10.2 Å². The highest BCUT2D eigenvalue weighted by Gasteiger charge is 2.32. The van der Waals surface area contributed by atoms with Crippen molar-refractivity contribution in [3.8, 4) is 0 Å². The number of benzene rings is 3. The van der Waals surface area contributed by atoms with Gasteiger partial charge in [0.2, 0.25) is 11.8 Å². The quantitative estimate of drug-likeness (QED) is 0.448. The van der Waals surface area contributed by atoms with Gasteiger partial charge in [-0.25, -0.2) is 12.8 Å². The molecule has 2 amide bonds. The smallest absolute Gasteiger partial charge is 0.264 e. The summed E-state index contributed by atoms with van der Waals surface area (Å²) >= 11 is 0. The zero-order valence-corrected chi connectivity index (χ0v) is 21.3. The number of likely N-dealkylation sites (N-methyl/N-ethyl adjacent to an activating group) is 1. The van der Waals surface area contributed by atoms with Crippen molar-refractivity contribution in [2.24, 2.45) is 0 Å². The Morgan fingerprint density at radius 2 is 1.56 bits per heavy atom. The molecule has 0 fully saturated rings. The molecule has 0 saturated heterocycles. The number of nitrogens with zero attached hydrogens (tertiary/aromatic N) is 2. The Balaban J connectivity index is 2.00. The fraction of sp³-hybridized carbons (Fsp3) is 0.259. The van der Waals surface area contributed by atoms with Gasteiger partial charge in [-0.1, -0.05) is 48.0 Å². The number of carbonyl (C=O) groups is 2. The number of aryl methyl sites for hydroxylation is 1. The Labute approximate surface area is 211 Å². The highest BCUT2D eigenvalue weighted by Crippen LogP contribution is 2.25. The van der Waals surface area contributed by atoms with Crippen molar-refractivity contribution in [2.75, 3.05) is 17.4 Å². The van der Waals surface area contributed by atoms with Crippen molar-refractivity contribution in [1.29, 1.82) is 0 Å². The Hall–Kier alpha value is -3.72. The number of nitrogens with one attached hydrogen (secondary N) is 1. The van der Waals surface area contributed by atoms with E-state index in [4.69, 9.17) is 0 Å². The van der Waals surface area contributed by atoms with Crippen molar-refractivity contribution in [3.05, 3.63) is 95.8 Å². The third kappa shape index (κ3) is 6.48. The van der Waals surface area contributed by atoms with Crippen LogP contribution < -0.4 is 9.62 Å². The Morgan fingerprint density at radius 3 is 2.14 bits per heavy atom. The van der Waals surface area contributed by atoms with E-state index in [-0.39, 0.29) is 23.0 Å². The third-order valence-electron chi connectivity index (χ3n) is 5.72. The molecular weight excluding hydrogens is 481 g/mol. The van der Waals surface area contributed by atoms with Gasteiger partial charge in [0.25, 0.3) is 10.0 Å². The maximum atomic E-state index is 13.7. The average Bonchev–Trinajstić information content (AvgIpc) is 2.87. The fourth-order valence-corrected chi connectivity index (χ4v) is 5.09. The maximum Gasteiger partial charge on any atom is 0.264 e. The van der Waals surface area contributed by atoms with Crippen LogP contribution in [0.25, 0.3) is 0 Å². The number of halogens is 1. The summed E-state index contributed by atoms with van der Waals surface area (Å²) in [5, 5.41) is 2.72. The zero-order chi connectivity index (χ0) is 26.3. The van der Waals surface area contributed by atoms with E-state index < -0.39 is 34.3 Å². The van der Waals surface area contributed by atoms with E-state index in [1.807, 2.05) is 31.2 Å². The largest absolute Gasteiger partial charge is 0.355 e. The molecule has 0 aliphatic heterocycles. The van der Waals surface area contributed by atoms with Crippen molar-refractivity contribution >= 4 is 27.5 Å². The number of sulfonamides is 1. The number of anilines is 1. The minimum atomic E-state index is -4.17. The number of amides is 2. The van der Waals surface area contributed by atoms with Crippen LogP contribution in [0.4, 0.5) is 10.1 Å². The van der Waals surface area contributed by atoms with Gasteiger partial charge in [-0.15, -0.1) is 0 Å². The van der Waals surface area contributed by atoms with E-state index >= 15 is 0 Å². The van der Waals surface area contributed by atoms with Crippen molar-refractivity contribution in [2.45, 2.75) is 38.3 Å². The highest BCUT2D eigenvalue weighted by molar-refractivity contribution is 7.92. The molecule has 0 aromatic heterocycles. The topological polar surface area (TPSA) is 86.8 Å². The van der Waals surface area contributed by atoms with E-state index in [0.29, 0.717) is 6.54 Å². The first kappa shape index (κ1) is 26.9. The van der Waals surface area contributed by atoms with Crippen LogP contribution in [-0.2, 0) is 26.2 Å². The Bertz CT molecular complexity index is 1280. The number of hydrogen-bond acceptors (Lipinski definition) is 4. The molecule has 7 nitrogen and oxygen atoms in total. The van der Waals surface area contributed by atoms with E-state index in [9.17, 15) is 22.4 Å². The van der Waals surface area contributed by atoms with Gasteiger partial charge in [0.05, 0.1) is 10.6 Å². The molecular formula is C27H30FN3O4S. The first-order chi connectivity index (χ1) is 17.1. The van der Waals surface area contributed by atoms with Crippen LogP contribution in [0.5, 0.6) is 0 Å². The van der Waals surface area contributed by atoms with Crippen LogP contribution in [0.15, 0.2) is 83.8 Å². The number of rotatable bonds is 10. The Kier molecular flexibility index (Phi) is 8.82. The summed E-state index contributed by atoms with van der Waals surface area (Å²) in [6.07, 6.45) is 0. The lowest BCUT2D eigenvalue weighted by Gasteiger charge is -2.32. The molecule has 3 aromatic carbocycles. The van der Waals surface area contributed by atoms with Crippen LogP contribution in [0.1, 0.15) is 25.0 Å². The molecule has 3 rings (SSSR count). The lowest BCUT2D eigenvalue weighted by atomic mass is 10.1. The van der Waals surface area contributed by atoms with Gasteiger partial charge >= 0.3 is 0 Å². The highest BCUT2D eigenvalue weighted by atomic mass is 32.2. The molecule has 0 spiro atoms. The van der Waals surface area contributed by atoms with Gasteiger partial charge in [0.15, 0.2) is 0 Å². The molecule has 0 heterocycles. The van der Waals surface area contributed by atoms with Crippen LogP contribution in [0, 0.1) is 12.7 Å². The molecule has 190 valence electrons. The maximum absolute atomic E-state index is 13.7. The monoisotopic (exact) mass is 511 g/mol. The van der Waals surface area contributed by atoms with Crippen molar-refractivity contribution in [1.82, 2.24) is 10.2 Å². The summed E-state index contributed by atoms with van der Waals surface area (Å²) in [5.41, 5.74) is 1.98. The SMILES string of the molecule is CCNC(=O)C(C)N(Cc1ccc(C)cc1)C(=O)CN(c1ccc(F)cc1)S(=O)(=O)c1ccccc1. The summed E-state index contributed by atoms with van der Waals surface area (Å²) in [4.78, 5) is 27.7. The van der Waals surface area contributed by atoms with Crippen LogP contribution in [0.3, 0.4) is 0 Å². The van der Waals surface area contributed by atoms with Gasteiger partial charge in [0, 0.05) is 13.1 Å². The second-order valence-electron chi connectivity index (χ2n) is 8.38. The lowest BCUT2D eigenvalue weighted by Crippen LogP contribution is -2.51. The second kappa shape index (κ2) is 11.8. The van der Waals surface area contributed by atoms with Crippen molar-refractivity contribution in [3.63, 3.8) is 0 Å². The van der Waals surface area contributed by atoms with E-state index in [1.165, 1.54) is 29.2 Å². The van der Waals surface area contributed by atoms with Crippen LogP contribution in [0.2, 0.25) is 0 Å². The first-order valence-corrected chi connectivity index (χ1v) is 13.0. The summed E-state index contributed by atoms with van der Waals surface area (Å²) in [5.74, 6) is -1.46. The van der Waals surface area contributed by atoms with Gasteiger partial charge in [-0.3, -0.25) is 13.9 Å². The summed E-state index contributed by atoms with van der Waals surface area (Å²) in [7, 11) is -4.17. The third-order valence-corrected chi connectivity index (χ3v) is 7.50.